The summed E-state index contributed by atoms with van der Waals surface area (Å²) in [6.07, 6.45) is 4.96. The number of hydrogen-bond acceptors (Lipinski definition) is 4. The van der Waals surface area contributed by atoms with E-state index in [4.69, 9.17) is 4.74 Å². The van der Waals surface area contributed by atoms with Crippen molar-refractivity contribution in [3.05, 3.63) is 24.4 Å². The normalized spacial score (nSPS) is 10.8. The van der Waals surface area contributed by atoms with Gasteiger partial charge in [-0.25, -0.2) is 4.98 Å². The Hall–Kier alpha value is -1.09. The van der Waals surface area contributed by atoms with Gasteiger partial charge < -0.3 is 20.7 Å². The first-order chi connectivity index (χ1) is 10.9. The number of anilines is 1. The molecule has 0 saturated heterocycles. The molecule has 1 aromatic heterocycles. The summed E-state index contributed by atoms with van der Waals surface area (Å²) in [4.78, 5) is 8.43. The second-order valence-electron chi connectivity index (χ2n) is 4.83. The van der Waals surface area contributed by atoms with E-state index in [1.165, 1.54) is 0 Å². The Morgan fingerprint density at radius 3 is 2.52 bits per heavy atom. The van der Waals surface area contributed by atoms with Crippen LogP contribution in [-0.2, 0) is 4.74 Å². The Morgan fingerprint density at radius 1 is 1.13 bits per heavy atom. The highest BCUT2D eigenvalue weighted by Crippen LogP contribution is 1.99. The predicted molar refractivity (Wildman–Crippen MR) is 108 cm³/mol. The summed E-state index contributed by atoms with van der Waals surface area (Å²) in [5, 5.41) is 9.89. The quantitative estimate of drug-likeness (QED) is 0.216. The monoisotopic (exact) mass is 435 g/mol. The number of aromatic nitrogens is 1. The third kappa shape index (κ3) is 12.1. The number of pyridine rings is 1. The van der Waals surface area contributed by atoms with Gasteiger partial charge in [0.25, 0.3) is 0 Å². The summed E-state index contributed by atoms with van der Waals surface area (Å²) in [6, 6.07) is 5.88. The smallest absolute Gasteiger partial charge is 0.190 e. The molecule has 0 aliphatic rings. The van der Waals surface area contributed by atoms with Crippen LogP contribution in [0.4, 0.5) is 5.82 Å². The number of guanidine groups is 1. The molecule has 1 heterocycles. The summed E-state index contributed by atoms with van der Waals surface area (Å²) in [5.74, 6) is 1.79. The molecule has 0 amide bonds. The van der Waals surface area contributed by atoms with Crippen molar-refractivity contribution in [2.24, 2.45) is 4.99 Å². The number of nitrogens with one attached hydrogen (secondary N) is 3. The number of nitrogens with zero attached hydrogens (tertiary/aromatic N) is 2. The highest BCUT2D eigenvalue weighted by atomic mass is 127. The van der Waals surface area contributed by atoms with Crippen molar-refractivity contribution in [2.75, 3.05) is 45.2 Å². The number of hydrogen-bond donors (Lipinski definition) is 3. The number of ether oxygens (including phenoxy) is 1. The lowest BCUT2D eigenvalue weighted by Crippen LogP contribution is -2.38. The van der Waals surface area contributed by atoms with E-state index in [1.54, 1.807) is 13.2 Å². The second-order valence-corrected chi connectivity index (χ2v) is 4.83. The second kappa shape index (κ2) is 15.8. The number of halogens is 1. The van der Waals surface area contributed by atoms with Gasteiger partial charge >= 0.3 is 0 Å². The van der Waals surface area contributed by atoms with E-state index in [2.05, 4.69) is 25.9 Å². The fourth-order valence-electron chi connectivity index (χ4n) is 1.89. The number of unbranched alkanes of at least 4 members (excludes halogenated alkanes) is 1. The standard InChI is InChI=1S/C16H29N5O.HI/c1-3-22-14-8-13-21-16(17-2)20-12-7-6-11-19-15-9-4-5-10-18-15;/h4-5,9-10H,3,6-8,11-14H2,1-2H3,(H,18,19)(H2,17,20,21);1H. The molecular weight excluding hydrogens is 405 g/mol. The largest absolute Gasteiger partial charge is 0.382 e. The summed E-state index contributed by atoms with van der Waals surface area (Å²) in [6.45, 7) is 6.30. The van der Waals surface area contributed by atoms with Crippen LogP contribution in [-0.4, -0.2) is 50.8 Å². The van der Waals surface area contributed by atoms with Crippen molar-refractivity contribution < 1.29 is 4.74 Å². The van der Waals surface area contributed by atoms with Gasteiger partial charge in [0.15, 0.2) is 5.96 Å². The van der Waals surface area contributed by atoms with E-state index < -0.39 is 0 Å². The van der Waals surface area contributed by atoms with Crippen molar-refractivity contribution in [2.45, 2.75) is 26.2 Å². The first kappa shape index (κ1) is 21.9. The van der Waals surface area contributed by atoms with Crippen molar-refractivity contribution in [1.82, 2.24) is 15.6 Å². The molecule has 0 bridgehead atoms. The van der Waals surface area contributed by atoms with E-state index in [0.717, 1.165) is 63.9 Å². The van der Waals surface area contributed by atoms with Crippen molar-refractivity contribution in [3.63, 3.8) is 0 Å². The van der Waals surface area contributed by atoms with E-state index in [9.17, 15) is 0 Å². The lowest BCUT2D eigenvalue weighted by Gasteiger charge is -2.12. The van der Waals surface area contributed by atoms with E-state index in [1.807, 2.05) is 25.1 Å². The van der Waals surface area contributed by atoms with Crippen LogP contribution in [0.15, 0.2) is 29.4 Å². The molecule has 0 aliphatic heterocycles. The minimum absolute atomic E-state index is 0. The minimum Gasteiger partial charge on any atom is -0.382 e. The zero-order valence-corrected chi connectivity index (χ0v) is 16.5. The van der Waals surface area contributed by atoms with Crippen LogP contribution in [0, 0.1) is 0 Å². The van der Waals surface area contributed by atoms with Gasteiger partial charge in [-0.3, -0.25) is 4.99 Å². The van der Waals surface area contributed by atoms with Gasteiger partial charge in [-0.1, -0.05) is 6.07 Å². The van der Waals surface area contributed by atoms with Gasteiger partial charge in [0.2, 0.25) is 0 Å². The Bertz CT molecular complexity index is 403. The summed E-state index contributed by atoms with van der Waals surface area (Å²) in [7, 11) is 1.79. The van der Waals surface area contributed by atoms with Gasteiger partial charge in [-0.15, -0.1) is 24.0 Å². The van der Waals surface area contributed by atoms with E-state index >= 15 is 0 Å². The van der Waals surface area contributed by atoms with Crippen LogP contribution in [0.3, 0.4) is 0 Å². The molecule has 132 valence electrons. The summed E-state index contributed by atoms with van der Waals surface area (Å²) < 4.78 is 5.30. The van der Waals surface area contributed by atoms with Crippen molar-refractivity contribution in [1.29, 1.82) is 0 Å². The Morgan fingerprint density at radius 2 is 1.87 bits per heavy atom. The molecule has 0 radical (unpaired) electrons. The maximum absolute atomic E-state index is 5.30. The van der Waals surface area contributed by atoms with Crippen LogP contribution < -0.4 is 16.0 Å². The molecule has 0 aromatic carbocycles. The lowest BCUT2D eigenvalue weighted by molar-refractivity contribution is 0.145. The fraction of sp³-hybridized carbons (Fsp3) is 0.625. The van der Waals surface area contributed by atoms with Crippen LogP contribution in [0.5, 0.6) is 0 Å². The highest BCUT2D eigenvalue weighted by Gasteiger charge is 1.97. The SMILES string of the molecule is CCOCCCNC(=NC)NCCCCNc1ccccn1.I. The fourth-order valence-corrected chi connectivity index (χ4v) is 1.89. The topological polar surface area (TPSA) is 70.6 Å². The van der Waals surface area contributed by atoms with Crippen molar-refractivity contribution >= 4 is 35.8 Å². The van der Waals surface area contributed by atoms with Crippen LogP contribution in [0.1, 0.15) is 26.2 Å². The van der Waals surface area contributed by atoms with Gasteiger partial charge in [-0.2, -0.15) is 0 Å². The average Bonchev–Trinajstić information content (AvgIpc) is 2.56. The molecule has 0 saturated carbocycles. The molecule has 23 heavy (non-hydrogen) atoms. The van der Waals surface area contributed by atoms with Crippen LogP contribution in [0.2, 0.25) is 0 Å². The maximum Gasteiger partial charge on any atom is 0.190 e. The summed E-state index contributed by atoms with van der Waals surface area (Å²) >= 11 is 0. The molecule has 3 N–H and O–H groups in total. The first-order valence-electron chi connectivity index (χ1n) is 8.04. The molecule has 0 aliphatic carbocycles. The van der Waals surface area contributed by atoms with Gasteiger partial charge in [0, 0.05) is 46.1 Å². The Labute approximate surface area is 156 Å². The maximum atomic E-state index is 5.30. The van der Waals surface area contributed by atoms with E-state index in [-0.39, 0.29) is 24.0 Å². The molecule has 0 spiro atoms. The molecule has 0 fully saturated rings. The Kier molecular flexibility index (Phi) is 15.0. The molecular formula is C16H30IN5O. The molecule has 0 unspecified atom stereocenters. The minimum atomic E-state index is 0. The van der Waals surface area contributed by atoms with Crippen LogP contribution >= 0.6 is 24.0 Å². The molecule has 6 nitrogen and oxygen atoms in total. The van der Waals surface area contributed by atoms with Gasteiger partial charge in [0.1, 0.15) is 5.82 Å². The number of aliphatic imine (C=N–C) groups is 1. The van der Waals surface area contributed by atoms with Gasteiger partial charge in [-0.05, 0) is 38.3 Å². The summed E-state index contributed by atoms with van der Waals surface area (Å²) in [5.41, 5.74) is 0. The highest BCUT2D eigenvalue weighted by molar-refractivity contribution is 14.0. The zero-order chi connectivity index (χ0) is 15.9. The third-order valence-electron chi connectivity index (χ3n) is 3.05. The predicted octanol–water partition coefficient (Wildman–Crippen LogP) is 2.48. The van der Waals surface area contributed by atoms with Crippen molar-refractivity contribution in [3.8, 4) is 0 Å². The lowest BCUT2D eigenvalue weighted by atomic mass is 10.3. The molecule has 0 atom stereocenters. The first-order valence-corrected chi connectivity index (χ1v) is 8.04. The zero-order valence-electron chi connectivity index (χ0n) is 14.2. The third-order valence-corrected chi connectivity index (χ3v) is 3.05. The molecule has 7 heteroatoms. The average molecular weight is 435 g/mol. The van der Waals surface area contributed by atoms with E-state index in [0.29, 0.717) is 0 Å². The Balaban J connectivity index is 0.00000484. The molecule has 1 rings (SSSR count). The van der Waals surface area contributed by atoms with Crippen LogP contribution in [0.25, 0.3) is 0 Å². The number of rotatable bonds is 11. The molecule has 1 aromatic rings. The van der Waals surface area contributed by atoms with Gasteiger partial charge in [0.05, 0.1) is 0 Å².